The summed E-state index contributed by atoms with van der Waals surface area (Å²) in [7, 11) is 0. The Labute approximate surface area is 112 Å². The molecule has 98 valence electrons. The molecule has 1 aliphatic carbocycles. The number of anilines is 1. The molecule has 0 unspecified atom stereocenters. The molecule has 2 N–H and O–H groups in total. The zero-order chi connectivity index (χ0) is 13.2. The van der Waals surface area contributed by atoms with Gasteiger partial charge < -0.3 is 10.4 Å². The number of carbonyl (C=O) groups is 1. The van der Waals surface area contributed by atoms with Gasteiger partial charge in [-0.15, -0.1) is 0 Å². The van der Waals surface area contributed by atoms with Crippen molar-refractivity contribution in [1.29, 1.82) is 0 Å². The Bertz CT molecular complexity index is 455. The van der Waals surface area contributed by atoms with Crippen LogP contribution in [0.3, 0.4) is 0 Å². The highest BCUT2D eigenvalue weighted by Crippen LogP contribution is 2.49. The quantitative estimate of drug-likeness (QED) is 0.818. The molecule has 0 amide bonds. The van der Waals surface area contributed by atoms with Gasteiger partial charge >= 0.3 is 5.97 Å². The monoisotopic (exact) mass is 267 g/mol. The fraction of sp³-hybridized carbons (Fsp3) is 0.500. The van der Waals surface area contributed by atoms with Gasteiger partial charge in [0.15, 0.2) is 0 Å². The van der Waals surface area contributed by atoms with Crippen LogP contribution in [0.15, 0.2) is 18.2 Å². The Morgan fingerprint density at radius 1 is 1.50 bits per heavy atom. The minimum atomic E-state index is -0.983. The fourth-order valence-electron chi connectivity index (χ4n) is 2.39. The number of carboxylic acids is 1. The molecular formula is C14H18ClNO2. The molecule has 1 aromatic rings. The van der Waals surface area contributed by atoms with E-state index in [0.29, 0.717) is 11.1 Å². The second-order valence-electron chi connectivity index (χ2n) is 5.07. The second kappa shape index (κ2) is 5.19. The van der Waals surface area contributed by atoms with Crippen LogP contribution in [0.25, 0.3) is 0 Å². The van der Waals surface area contributed by atoms with Crippen LogP contribution in [0.2, 0.25) is 5.02 Å². The molecule has 1 aromatic carbocycles. The van der Waals surface area contributed by atoms with Gasteiger partial charge in [0.25, 0.3) is 0 Å². The van der Waals surface area contributed by atoms with Crippen molar-refractivity contribution in [2.24, 2.45) is 5.41 Å². The van der Waals surface area contributed by atoms with E-state index >= 15 is 0 Å². The van der Waals surface area contributed by atoms with Crippen molar-refractivity contribution >= 4 is 23.3 Å². The van der Waals surface area contributed by atoms with E-state index in [1.165, 1.54) is 25.7 Å². The van der Waals surface area contributed by atoms with E-state index < -0.39 is 5.97 Å². The Morgan fingerprint density at radius 3 is 2.78 bits per heavy atom. The summed E-state index contributed by atoms with van der Waals surface area (Å²) in [6, 6.07) is 5.16. The van der Waals surface area contributed by atoms with E-state index in [2.05, 4.69) is 12.2 Å². The van der Waals surface area contributed by atoms with Crippen LogP contribution in [0.4, 0.5) is 5.69 Å². The molecule has 18 heavy (non-hydrogen) atoms. The van der Waals surface area contributed by atoms with Crippen LogP contribution in [0, 0.1) is 5.41 Å². The predicted octanol–water partition coefficient (Wildman–Crippen LogP) is 4.03. The molecule has 1 saturated carbocycles. The molecule has 0 radical (unpaired) electrons. The third kappa shape index (κ3) is 2.78. The lowest BCUT2D eigenvalue weighted by Crippen LogP contribution is -2.17. The topological polar surface area (TPSA) is 49.3 Å². The van der Waals surface area contributed by atoms with Gasteiger partial charge in [-0.1, -0.05) is 31.0 Å². The van der Waals surface area contributed by atoms with Crippen molar-refractivity contribution in [3.8, 4) is 0 Å². The smallest absolute Gasteiger partial charge is 0.339 e. The van der Waals surface area contributed by atoms with Crippen molar-refractivity contribution in [2.75, 3.05) is 11.9 Å². The van der Waals surface area contributed by atoms with Gasteiger partial charge in [-0.2, -0.15) is 0 Å². The number of benzene rings is 1. The highest BCUT2D eigenvalue weighted by Gasteiger charge is 2.41. The van der Waals surface area contributed by atoms with E-state index in [4.69, 9.17) is 11.6 Å². The number of aromatic carboxylic acids is 1. The van der Waals surface area contributed by atoms with Gasteiger partial charge in [0.2, 0.25) is 0 Å². The van der Waals surface area contributed by atoms with Gasteiger partial charge in [-0.25, -0.2) is 4.79 Å². The number of halogens is 1. The summed E-state index contributed by atoms with van der Waals surface area (Å²) in [5, 5.41) is 12.7. The van der Waals surface area contributed by atoms with Crippen LogP contribution in [0.1, 0.15) is 43.0 Å². The van der Waals surface area contributed by atoms with Crippen LogP contribution in [-0.4, -0.2) is 17.6 Å². The molecule has 0 atom stereocenters. The number of hydrogen-bond acceptors (Lipinski definition) is 2. The molecule has 1 aliphatic rings. The van der Waals surface area contributed by atoms with Crippen LogP contribution in [-0.2, 0) is 0 Å². The van der Waals surface area contributed by atoms with Gasteiger partial charge in [0.1, 0.15) is 5.56 Å². The Morgan fingerprint density at radius 2 is 2.22 bits per heavy atom. The van der Waals surface area contributed by atoms with E-state index in [0.717, 1.165) is 6.54 Å². The van der Waals surface area contributed by atoms with E-state index in [1.807, 2.05) is 0 Å². The van der Waals surface area contributed by atoms with Crippen LogP contribution in [0.5, 0.6) is 0 Å². The lowest BCUT2D eigenvalue weighted by molar-refractivity contribution is 0.0698. The second-order valence-corrected chi connectivity index (χ2v) is 5.48. The molecule has 4 heteroatoms. The van der Waals surface area contributed by atoms with Crippen LogP contribution < -0.4 is 5.32 Å². The molecular weight excluding hydrogens is 250 g/mol. The number of nitrogens with one attached hydrogen (secondary N) is 1. The van der Waals surface area contributed by atoms with Crippen molar-refractivity contribution in [3.63, 3.8) is 0 Å². The molecule has 1 fully saturated rings. The SMILES string of the molecule is CCCC1(CNc2cccc(Cl)c2C(=O)O)CC1. The van der Waals surface area contributed by atoms with E-state index in [1.54, 1.807) is 18.2 Å². The minimum absolute atomic E-state index is 0.173. The zero-order valence-corrected chi connectivity index (χ0v) is 11.3. The average molecular weight is 268 g/mol. The Balaban J connectivity index is 2.10. The molecule has 0 saturated heterocycles. The lowest BCUT2D eigenvalue weighted by atomic mass is 10.0. The maximum atomic E-state index is 11.2. The van der Waals surface area contributed by atoms with Crippen molar-refractivity contribution in [1.82, 2.24) is 0 Å². The van der Waals surface area contributed by atoms with Gasteiger partial charge in [-0.05, 0) is 36.8 Å². The van der Waals surface area contributed by atoms with Gasteiger partial charge in [0.05, 0.1) is 10.7 Å². The first-order chi connectivity index (χ1) is 8.58. The lowest BCUT2D eigenvalue weighted by Gasteiger charge is -2.17. The summed E-state index contributed by atoms with van der Waals surface area (Å²) < 4.78 is 0. The summed E-state index contributed by atoms with van der Waals surface area (Å²) >= 11 is 5.93. The first-order valence-electron chi connectivity index (χ1n) is 6.34. The standard InChI is InChI=1S/C14H18ClNO2/c1-2-6-14(7-8-14)9-16-11-5-3-4-10(15)12(11)13(17)18/h3-5,16H,2,6-9H2,1H3,(H,17,18). The van der Waals surface area contributed by atoms with E-state index in [9.17, 15) is 9.90 Å². The molecule has 2 rings (SSSR count). The summed E-state index contributed by atoms with van der Waals surface area (Å²) in [4.78, 5) is 11.2. The summed E-state index contributed by atoms with van der Waals surface area (Å²) in [6.07, 6.45) is 4.83. The largest absolute Gasteiger partial charge is 0.478 e. The number of hydrogen-bond donors (Lipinski definition) is 2. The van der Waals surface area contributed by atoms with Gasteiger partial charge in [-0.3, -0.25) is 0 Å². The highest BCUT2D eigenvalue weighted by atomic mass is 35.5. The molecule has 0 bridgehead atoms. The molecule has 0 aliphatic heterocycles. The Kier molecular flexibility index (Phi) is 3.81. The summed E-state index contributed by atoms with van der Waals surface area (Å²) in [6.45, 7) is 3.02. The Hall–Kier alpha value is -1.22. The van der Waals surface area contributed by atoms with Gasteiger partial charge in [0, 0.05) is 6.54 Å². The van der Waals surface area contributed by atoms with Crippen molar-refractivity contribution in [2.45, 2.75) is 32.6 Å². The van der Waals surface area contributed by atoms with Crippen LogP contribution >= 0.6 is 11.6 Å². The first kappa shape index (κ1) is 13.2. The zero-order valence-electron chi connectivity index (χ0n) is 10.5. The third-order valence-electron chi connectivity index (χ3n) is 3.62. The number of rotatable bonds is 6. The predicted molar refractivity (Wildman–Crippen MR) is 73.5 cm³/mol. The molecule has 0 spiro atoms. The fourth-order valence-corrected chi connectivity index (χ4v) is 2.65. The average Bonchev–Trinajstić information content (AvgIpc) is 3.07. The summed E-state index contributed by atoms with van der Waals surface area (Å²) in [5.41, 5.74) is 1.18. The first-order valence-corrected chi connectivity index (χ1v) is 6.71. The third-order valence-corrected chi connectivity index (χ3v) is 3.93. The summed E-state index contributed by atoms with van der Waals surface area (Å²) in [5.74, 6) is -0.983. The maximum Gasteiger partial charge on any atom is 0.339 e. The van der Waals surface area contributed by atoms with Crippen molar-refractivity contribution < 1.29 is 9.90 Å². The van der Waals surface area contributed by atoms with E-state index in [-0.39, 0.29) is 10.6 Å². The van der Waals surface area contributed by atoms with Crippen molar-refractivity contribution in [3.05, 3.63) is 28.8 Å². The number of carboxylic acid groups (broad SMARTS) is 1. The maximum absolute atomic E-state index is 11.2. The molecule has 0 heterocycles. The molecule has 0 aromatic heterocycles. The highest BCUT2D eigenvalue weighted by molar-refractivity contribution is 6.34. The normalized spacial score (nSPS) is 16.3. The minimum Gasteiger partial charge on any atom is -0.478 e. The molecule has 3 nitrogen and oxygen atoms in total.